The third-order valence-electron chi connectivity index (χ3n) is 3.84. The highest BCUT2D eigenvalue weighted by Crippen LogP contribution is 2.29. The largest absolute Gasteiger partial charge is 0.380 e. The van der Waals surface area contributed by atoms with Crippen LogP contribution in [0.5, 0.6) is 11.5 Å². The topological polar surface area (TPSA) is 128 Å². The van der Waals surface area contributed by atoms with Gasteiger partial charge in [0.2, 0.25) is 0 Å². The van der Waals surface area contributed by atoms with Crippen molar-refractivity contribution in [3.63, 3.8) is 0 Å². The Morgan fingerprint density at radius 2 is 1.03 bits per heavy atom. The second-order valence-electron chi connectivity index (χ2n) is 6.82. The predicted octanol–water partition coefficient (Wildman–Crippen LogP) is 3.56. The summed E-state index contributed by atoms with van der Waals surface area (Å²) in [7, 11) is -7.72. The lowest BCUT2D eigenvalue weighted by Gasteiger charge is -2.16. The van der Waals surface area contributed by atoms with Gasteiger partial charge in [-0.05, 0) is 52.0 Å². The fraction of sp³-hybridized carbons (Fsp3) is 0.316. The van der Waals surface area contributed by atoms with Crippen LogP contribution in [0, 0.1) is 0 Å². The van der Waals surface area contributed by atoms with Gasteiger partial charge in [0.05, 0.1) is 21.9 Å². The number of amides is 2. The summed E-state index contributed by atoms with van der Waals surface area (Å²) in [5, 5.41) is 3.43. The smallest absolute Gasteiger partial charge is 0.323 e. The lowest BCUT2D eigenvalue weighted by atomic mass is 10.3. The van der Waals surface area contributed by atoms with Crippen molar-refractivity contribution in [1.82, 2.24) is 0 Å². The Balaban J connectivity index is 2.21. The lowest BCUT2D eigenvalue weighted by molar-refractivity contribution is 0.262. The van der Waals surface area contributed by atoms with Gasteiger partial charge in [0.15, 0.2) is 11.5 Å². The Hall–Kier alpha value is -2.79. The summed E-state index contributed by atoms with van der Waals surface area (Å²) in [6.07, 6.45) is 0. The average Bonchev–Trinajstić information content (AvgIpc) is 2.64. The number of hydrogen-bond donors (Lipinski definition) is 2. The maximum Gasteiger partial charge on any atom is 0.323 e. The predicted molar refractivity (Wildman–Crippen MR) is 115 cm³/mol. The minimum Gasteiger partial charge on any atom is -0.380 e. The summed E-state index contributed by atoms with van der Waals surface area (Å²) in [6, 6.07) is 11.3. The Morgan fingerprint density at radius 3 is 1.37 bits per heavy atom. The van der Waals surface area contributed by atoms with Crippen molar-refractivity contribution >= 4 is 37.6 Å². The first-order valence-electron chi connectivity index (χ1n) is 9.05. The quantitative estimate of drug-likeness (QED) is 0.581. The van der Waals surface area contributed by atoms with Gasteiger partial charge >= 0.3 is 26.3 Å². The molecule has 0 heterocycles. The van der Waals surface area contributed by atoms with Crippen LogP contribution in [-0.4, -0.2) is 33.4 Å². The van der Waals surface area contributed by atoms with Crippen molar-refractivity contribution in [3.05, 3.63) is 48.5 Å². The zero-order chi connectivity index (χ0) is 22.5. The van der Waals surface area contributed by atoms with Crippen LogP contribution >= 0.6 is 0 Å². The van der Waals surface area contributed by atoms with E-state index in [1.165, 1.54) is 52.0 Å². The van der Waals surface area contributed by atoms with Crippen LogP contribution in [0.2, 0.25) is 0 Å². The molecule has 0 spiro atoms. The molecular weight excluding hydrogens is 432 g/mol. The van der Waals surface area contributed by atoms with Gasteiger partial charge in [0, 0.05) is 0 Å². The summed E-state index contributed by atoms with van der Waals surface area (Å²) in [4.78, 5) is 12.5. The number of anilines is 2. The van der Waals surface area contributed by atoms with Crippen molar-refractivity contribution in [2.24, 2.45) is 0 Å². The van der Waals surface area contributed by atoms with E-state index in [0.717, 1.165) is 0 Å². The number of hydrogen-bond acceptors (Lipinski definition) is 7. The molecule has 0 aliphatic rings. The van der Waals surface area contributed by atoms with Gasteiger partial charge in [0.1, 0.15) is 0 Å². The number of carbonyl (C=O) groups is 1. The highest BCUT2D eigenvalue weighted by Gasteiger charge is 2.22. The van der Waals surface area contributed by atoms with E-state index in [2.05, 4.69) is 10.6 Å². The first-order chi connectivity index (χ1) is 13.9. The highest BCUT2D eigenvalue weighted by molar-refractivity contribution is 7.87. The molecule has 0 bridgehead atoms. The van der Waals surface area contributed by atoms with E-state index >= 15 is 0 Å². The van der Waals surface area contributed by atoms with E-state index in [1.54, 1.807) is 24.3 Å². The second-order valence-corrected chi connectivity index (χ2v) is 11.0. The molecule has 2 aromatic carbocycles. The monoisotopic (exact) mass is 456 g/mol. The summed E-state index contributed by atoms with van der Waals surface area (Å²) >= 11 is 0. The van der Waals surface area contributed by atoms with Crippen LogP contribution in [0.4, 0.5) is 16.2 Å². The van der Waals surface area contributed by atoms with E-state index < -0.39 is 36.8 Å². The number of urea groups is 1. The number of benzene rings is 2. The second kappa shape index (κ2) is 9.35. The van der Waals surface area contributed by atoms with Crippen molar-refractivity contribution < 1.29 is 30.0 Å². The maximum atomic E-state index is 12.5. The number of carbonyl (C=O) groups excluding carboxylic acids is 1. The molecule has 2 rings (SSSR count). The van der Waals surface area contributed by atoms with Crippen LogP contribution in [0.1, 0.15) is 27.7 Å². The molecule has 0 atom stereocenters. The van der Waals surface area contributed by atoms with Crippen LogP contribution < -0.4 is 19.0 Å². The van der Waals surface area contributed by atoms with Crippen molar-refractivity contribution in [3.8, 4) is 11.5 Å². The Kier molecular flexibility index (Phi) is 7.32. The fourth-order valence-corrected chi connectivity index (χ4v) is 3.18. The molecule has 0 aromatic heterocycles. The van der Waals surface area contributed by atoms with Crippen LogP contribution in [-0.2, 0) is 20.2 Å². The molecule has 11 heteroatoms. The van der Waals surface area contributed by atoms with Gasteiger partial charge < -0.3 is 19.0 Å². The molecule has 0 fully saturated rings. The highest BCUT2D eigenvalue weighted by atomic mass is 32.2. The number of rotatable bonds is 8. The Morgan fingerprint density at radius 1 is 0.700 bits per heavy atom. The van der Waals surface area contributed by atoms with E-state index in [0.29, 0.717) is 0 Å². The molecule has 2 N–H and O–H groups in total. The molecule has 0 saturated carbocycles. The van der Waals surface area contributed by atoms with E-state index in [1.807, 2.05) is 0 Å². The minimum absolute atomic E-state index is 0.0479. The molecule has 0 aliphatic heterocycles. The Bertz CT molecular complexity index is 1020. The fourth-order valence-electron chi connectivity index (χ4n) is 2.00. The maximum absolute atomic E-state index is 12.5. The molecule has 164 valence electrons. The van der Waals surface area contributed by atoms with E-state index in [-0.39, 0.29) is 22.9 Å². The first-order valence-corrected chi connectivity index (χ1v) is 12.0. The third-order valence-corrected chi connectivity index (χ3v) is 6.97. The van der Waals surface area contributed by atoms with Crippen molar-refractivity contribution in [2.45, 2.75) is 38.2 Å². The zero-order valence-electron chi connectivity index (χ0n) is 16.9. The van der Waals surface area contributed by atoms with Gasteiger partial charge in [-0.25, -0.2) is 4.79 Å². The van der Waals surface area contributed by atoms with Crippen molar-refractivity contribution in [1.29, 1.82) is 0 Å². The van der Waals surface area contributed by atoms with Gasteiger partial charge in [-0.15, -0.1) is 0 Å². The SMILES string of the molecule is CC(C)S(=O)(=O)Oc1ccccc1NC(=O)Nc1ccccc1OS(=O)(=O)C(C)C. The zero-order valence-corrected chi connectivity index (χ0v) is 18.6. The van der Waals surface area contributed by atoms with Gasteiger partial charge in [-0.1, -0.05) is 24.3 Å². The molecule has 0 aliphatic carbocycles. The molecular formula is C19H24N2O7S2. The minimum atomic E-state index is -3.86. The average molecular weight is 457 g/mol. The summed E-state index contributed by atoms with van der Waals surface area (Å²) in [5.74, 6) is -0.0958. The summed E-state index contributed by atoms with van der Waals surface area (Å²) in [6.45, 7) is 5.89. The van der Waals surface area contributed by atoms with Crippen LogP contribution in [0.15, 0.2) is 48.5 Å². The molecule has 0 unspecified atom stereocenters. The lowest BCUT2D eigenvalue weighted by Crippen LogP contribution is -2.24. The standard InChI is InChI=1S/C19H24N2O7S2/c1-13(2)29(23,24)27-17-11-7-5-9-15(17)20-19(22)21-16-10-6-8-12-18(16)28-30(25,26)14(3)4/h5-14H,1-4H3,(H2,20,21,22). The van der Waals surface area contributed by atoms with Gasteiger partial charge in [0.25, 0.3) is 0 Å². The molecule has 9 nitrogen and oxygen atoms in total. The third kappa shape index (κ3) is 6.10. The molecule has 0 radical (unpaired) electrons. The Labute approximate surface area is 176 Å². The molecule has 30 heavy (non-hydrogen) atoms. The van der Waals surface area contributed by atoms with E-state index in [9.17, 15) is 21.6 Å². The van der Waals surface area contributed by atoms with Gasteiger partial charge in [-0.2, -0.15) is 16.8 Å². The summed E-state index contributed by atoms with van der Waals surface area (Å²) < 4.78 is 58.3. The van der Waals surface area contributed by atoms with E-state index in [4.69, 9.17) is 8.37 Å². The number of para-hydroxylation sites is 4. The van der Waals surface area contributed by atoms with Gasteiger partial charge in [-0.3, -0.25) is 0 Å². The summed E-state index contributed by atoms with van der Waals surface area (Å²) in [5.41, 5.74) is 0.236. The molecule has 2 aromatic rings. The van der Waals surface area contributed by atoms with Crippen molar-refractivity contribution in [2.75, 3.05) is 10.6 Å². The van der Waals surface area contributed by atoms with Crippen LogP contribution in [0.25, 0.3) is 0 Å². The molecule has 0 saturated heterocycles. The first kappa shape index (κ1) is 23.5. The van der Waals surface area contributed by atoms with Crippen LogP contribution in [0.3, 0.4) is 0 Å². The number of nitrogens with one attached hydrogen (secondary N) is 2. The molecule has 2 amide bonds. The normalized spacial score (nSPS) is 11.9.